The summed E-state index contributed by atoms with van der Waals surface area (Å²) in [5.74, 6) is 1.66. The third-order valence-electron chi connectivity index (χ3n) is 15.3. The largest absolute Gasteiger partial charge is 0.307 e. The van der Waals surface area contributed by atoms with Gasteiger partial charge in [0, 0.05) is 50.1 Å². The van der Waals surface area contributed by atoms with Crippen LogP contribution in [0.3, 0.4) is 0 Å². The first-order valence-corrected chi connectivity index (χ1v) is 27.9. The van der Waals surface area contributed by atoms with E-state index in [9.17, 15) is 0 Å². The zero-order chi connectivity index (χ0) is 55.5. The lowest BCUT2D eigenvalue weighted by Crippen LogP contribution is -2.11. The van der Waals surface area contributed by atoms with Crippen LogP contribution in [0.4, 0.5) is 0 Å². The predicted molar refractivity (Wildman–Crippen MR) is 341 cm³/mol. The summed E-state index contributed by atoms with van der Waals surface area (Å²) >= 11 is 0. The van der Waals surface area contributed by atoms with Crippen LogP contribution in [0.2, 0.25) is 0 Å². The van der Waals surface area contributed by atoms with Crippen molar-refractivity contribution in [1.82, 2.24) is 19.5 Å². The Morgan fingerprint density at radius 1 is 0.475 bits per heavy atom. The van der Waals surface area contributed by atoms with E-state index in [0.29, 0.717) is 17.5 Å². The van der Waals surface area contributed by atoms with Crippen molar-refractivity contribution < 1.29 is 0 Å². The number of hydrogen-bond donors (Lipinski definition) is 0. The monoisotopic (exact) mass is 1040 g/mol. The molecule has 4 nitrogen and oxygen atoms in total. The standard InChI is InChI=1S/C76H68N4/c1-10-12-28-51(3)63(45-52(11-2)53-29-18-13-19-30-53)74-78-72(59-41-39-55(40-42-59)54-31-20-14-21-32-54)77-73(79-74)60-46-64(56-33-22-15-23-34-56)70(65(47-60)57-35-24-16-25-36-57)80-69-44-43-61(75(4,5)6)48-67(69)68-50-62(76(7,8)9)49-66(71(68)80)58-37-26-17-27-38-58/h10-51H,1H2,2-9H3/b28-12-,52-11+,63-45+. The van der Waals surface area contributed by atoms with E-state index in [1.165, 1.54) is 33.0 Å². The molecule has 0 amide bonds. The summed E-state index contributed by atoms with van der Waals surface area (Å²) in [5.41, 5.74) is 19.5. The Kier molecular flexibility index (Phi) is 14.7. The maximum atomic E-state index is 5.60. The quantitative estimate of drug-likeness (QED) is 0.108. The van der Waals surface area contributed by atoms with Crippen molar-refractivity contribution in [3.8, 4) is 73.0 Å². The van der Waals surface area contributed by atoms with Crippen molar-refractivity contribution in [2.24, 2.45) is 5.92 Å². The molecule has 0 saturated carbocycles. The second kappa shape index (κ2) is 22.2. The van der Waals surface area contributed by atoms with E-state index >= 15 is 0 Å². The lowest BCUT2D eigenvalue weighted by Gasteiger charge is -2.24. The van der Waals surface area contributed by atoms with Gasteiger partial charge < -0.3 is 4.57 Å². The molecule has 0 radical (unpaired) electrons. The van der Waals surface area contributed by atoms with E-state index in [1.54, 1.807) is 0 Å². The average Bonchev–Trinajstić information content (AvgIpc) is 3.28. The van der Waals surface area contributed by atoms with E-state index in [1.807, 2.05) is 18.2 Å². The van der Waals surface area contributed by atoms with Gasteiger partial charge in [-0.1, -0.05) is 261 Å². The van der Waals surface area contributed by atoms with Gasteiger partial charge in [-0.05, 0) is 110 Å². The van der Waals surface area contributed by atoms with Crippen LogP contribution in [0.25, 0.3) is 106 Å². The third-order valence-corrected chi connectivity index (χ3v) is 15.3. The molecular formula is C76H68N4. The molecule has 1 unspecified atom stereocenters. The summed E-state index contributed by atoms with van der Waals surface area (Å²) < 4.78 is 2.57. The van der Waals surface area contributed by atoms with Crippen molar-refractivity contribution in [2.75, 3.05) is 0 Å². The summed E-state index contributed by atoms with van der Waals surface area (Å²) in [6, 6.07) is 78.8. The lowest BCUT2D eigenvalue weighted by molar-refractivity contribution is 0.590. The zero-order valence-corrected chi connectivity index (χ0v) is 47.2. The van der Waals surface area contributed by atoms with Crippen LogP contribution < -0.4 is 0 Å². The molecule has 0 aliphatic rings. The van der Waals surface area contributed by atoms with E-state index in [0.717, 1.165) is 77.9 Å². The minimum Gasteiger partial charge on any atom is -0.307 e. The molecule has 392 valence electrons. The van der Waals surface area contributed by atoms with Gasteiger partial charge in [0.15, 0.2) is 17.5 Å². The second-order valence-corrected chi connectivity index (χ2v) is 22.9. The summed E-state index contributed by atoms with van der Waals surface area (Å²) in [6.45, 7) is 22.2. The van der Waals surface area contributed by atoms with Crippen LogP contribution in [0, 0.1) is 5.92 Å². The van der Waals surface area contributed by atoms with Crippen LogP contribution in [-0.4, -0.2) is 19.5 Å². The van der Waals surface area contributed by atoms with Crippen LogP contribution >= 0.6 is 0 Å². The first kappa shape index (κ1) is 52.8. The number of benzene rings is 9. The highest BCUT2D eigenvalue weighted by Crippen LogP contribution is 2.48. The Morgan fingerprint density at radius 2 is 0.950 bits per heavy atom. The minimum absolute atomic E-state index is 0.0739. The number of rotatable bonds is 13. The van der Waals surface area contributed by atoms with Crippen LogP contribution in [0.5, 0.6) is 0 Å². The number of aromatic nitrogens is 4. The zero-order valence-electron chi connectivity index (χ0n) is 47.2. The van der Waals surface area contributed by atoms with Crippen LogP contribution in [0.15, 0.2) is 255 Å². The Bertz CT molecular complexity index is 4050. The fourth-order valence-corrected chi connectivity index (χ4v) is 10.9. The fourth-order valence-electron chi connectivity index (χ4n) is 10.9. The lowest BCUT2D eigenvalue weighted by atomic mass is 9.83. The Morgan fingerprint density at radius 3 is 1.48 bits per heavy atom. The van der Waals surface area contributed by atoms with Crippen molar-refractivity contribution in [1.29, 1.82) is 0 Å². The molecule has 9 aromatic carbocycles. The van der Waals surface area contributed by atoms with Crippen molar-refractivity contribution in [3.05, 3.63) is 278 Å². The summed E-state index contributed by atoms with van der Waals surface area (Å²) in [4.78, 5) is 16.6. The van der Waals surface area contributed by atoms with Gasteiger partial charge in [0.2, 0.25) is 0 Å². The van der Waals surface area contributed by atoms with E-state index in [4.69, 9.17) is 15.0 Å². The summed E-state index contributed by atoms with van der Waals surface area (Å²) in [5, 5.41) is 2.44. The highest BCUT2D eigenvalue weighted by Gasteiger charge is 2.28. The number of fused-ring (bicyclic) bond motifs is 3. The molecule has 1 atom stereocenters. The SMILES string of the molecule is C=C/C=C\C(C)/C(=C\C(=C/C)c1ccccc1)c1nc(-c2ccc(-c3ccccc3)cc2)nc(-c2cc(-c3ccccc3)c(-n3c4ccc(C(C)(C)C)cc4c4cc(C(C)(C)C)cc(-c5ccccc5)c43)c(-c3ccccc3)c2)n1. The van der Waals surface area contributed by atoms with Gasteiger partial charge in [0.05, 0.1) is 16.7 Å². The van der Waals surface area contributed by atoms with Gasteiger partial charge in [-0.25, -0.2) is 15.0 Å². The first-order chi connectivity index (χ1) is 38.8. The molecular weight excluding hydrogens is 969 g/mol. The molecule has 0 bridgehead atoms. The predicted octanol–water partition coefficient (Wildman–Crippen LogP) is 20.4. The molecule has 0 saturated heterocycles. The van der Waals surface area contributed by atoms with E-state index in [2.05, 4.69) is 297 Å². The van der Waals surface area contributed by atoms with Gasteiger partial charge in [-0.2, -0.15) is 0 Å². The smallest absolute Gasteiger partial charge is 0.164 e. The number of nitrogens with zero attached hydrogens (tertiary/aromatic N) is 4. The van der Waals surface area contributed by atoms with Gasteiger partial charge in [0.1, 0.15) is 0 Å². The van der Waals surface area contributed by atoms with E-state index in [-0.39, 0.29) is 16.7 Å². The molecule has 0 fully saturated rings. The molecule has 0 spiro atoms. The average molecular weight is 1040 g/mol. The molecule has 11 rings (SSSR count). The van der Waals surface area contributed by atoms with Gasteiger partial charge in [-0.15, -0.1) is 0 Å². The molecule has 2 aromatic heterocycles. The minimum atomic E-state index is -0.114. The van der Waals surface area contributed by atoms with Gasteiger partial charge in [-0.3, -0.25) is 0 Å². The maximum Gasteiger partial charge on any atom is 0.164 e. The van der Waals surface area contributed by atoms with E-state index < -0.39 is 0 Å². The highest BCUT2D eigenvalue weighted by atomic mass is 15.0. The molecule has 0 N–H and O–H groups in total. The first-order valence-electron chi connectivity index (χ1n) is 27.9. The molecule has 0 aliphatic carbocycles. The van der Waals surface area contributed by atoms with Crippen LogP contribution in [-0.2, 0) is 10.8 Å². The topological polar surface area (TPSA) is 43.6 Å². The normalized spacial score (nSPS) is 12.8. The molecule has 80 heavy (non-hydrogen) atoms. The number of hydrogen-bond acceptors (Lipinski definition) is 3. The van der Waals surface area contributed by atoms with Gasteiger partial charge in [0.25, 0.3) is 0 Å². The molecule has 0 aliphatic heterocycles. The van der Waals surface area contributed by atoms with Crippen molar-refractivity contribution >= 4 is 33.0 Å². The number of allylic oxidation sites excluding steroid dienone is 7. The van der Waals surface area contributed by atoms with Crippen molar-refractivity contribution in [3.63, 3.8) is 0 Å². The van der Waals surface area contributed by atoms with Crippen LogP contribution in [0.1, 0.15) is 77.9 Å². The summed E-state index contributed by atoms with van der Waals surface area (Å²) in [6.07, 6.45) is 10.4. The Hall–Kier alpha value is -9.25. The Balaban J connectivity index is 1.26. The molecule has 4 heteroatoms. The third kappa shape index (κ3) is 10.7. The second-order valence-electron chi connectivity index (χ2n) is 22.9. The van der Waals surface area contributed by atoms with Crippen molar-refractivity contribution in [2.45, 2.75) is 66.2 Å². The Labute approximate surface area is 473 Å². The maximum absolute atomic E-state index is 5.60. The molecule has 11 aromatic rings. The fraction of sp³-hybridized carbons (Fsp3) is 0.145. The summed E-state index contributed by atoms with van der Waals surface area (Å²) in [7, 11) is 0. The molecule has 2 heterocycles. The highest BCUT2D eigenvalue weighted by molar-refractivity contribution is 6.15. The van der Waals surface area contributed by atoms with Gasteiger partial charge >= 0.3 is 0 Å².